The van der Waals surface area contributed by atoms with Gasteiger partial charge in [0.15, 0.2) is 0 Å². The summed E-state index contributed by atoms with van der Waals surface area (Å²) in [7, 11) is 2.06. The first-order valence-electron chi connectivity index (χ1n) is 9.38. The van der Waals surface area contributed by atoms with Crippen molar-refractivity contribution in [1.29, 1.82) is 0 Å². The van der Waals surface area contributed by atoms with E-state index in [0.717, 1.165) is 37.3 Å². The molecule has 0 spiro atoms. The molecule has 0 radical (unpaired) electrons. The molecule has 0 bridgehead atoms. The van der Waals surface area contributed by atoms with E-state index in [1.807, 2.05) is 42.2 Å². The van der Waals surface area contributed by atoms with Crippen LogP contribution in [-0.2, 0) is 9.59 Å². The Balaban J connectivity index is 2.04. The van der Waals surface area contributed by atoms with E-state index in [1.165, 1.54) is 0 Å². The summed E-state index contributed by atoms with van der Waals surface area (Å²) in [5, 5.41) is 2.94. The number of nitrogens with zero attached hydrogens (tertiary/aromatic N) is 2. The quantitative estimate of drug-likeness (QED) is 0.796. The van der Waals surface area contributed by atoms with Gasteiger partial charge in [-0.05, 0) is 37.4 Å². The number of benzene rings is 1. The molecule has 1 aliphatic heterocycles. The molecule has 1 aromatic rings. The summed E-state index contributed by atoms with van der Waals surface area (Å²) in [4.78, 5) is 29.5. The highest BCUT2D eigenvalue weighted by atomic mass is 16.2. The number of rotatable bonds is 6. The van der Waals surface area contributed by atoms with Gasteiger partial charge in [0.1, 0.15) is 6.04 Å². The lowest BCUT2D eigenvalue weighted by molar-refractivity contribution is -0.137. The van der Waals surface area contributed by atoms with E-state index in [-0.39, 0.29) is 11.8 Å². The van der Waals surface area contributed by atoms with Crippen LogP contribution in [0, 0.1) is 5.92 Å². The van der Waals surface area contributed by atoms with E-state index in [4.69, 9.17) is 0 Å². The molecular formula is C21H31N3O2. The maximum absolute atomic E-state index is 12.9. The third-order valence-corrected chi connectivity index (χ3v) is 4.71. The molecule has 2 amide bonds. The van der Waals surface area contributed by atoms with Gasteiger partial charge in [-0.3, -0.25) is 9.59 Å². The van der Waals surface area contributed by atoms with E-state index in [2.05, 4.69) is 31.1 Å². The molecule has 26 heavy (non-hydrogen) atoms. The molecule has 0 saturated carbocycles. The van der Waals surface area contributed by atoms with Crippen LogP contribution in [0.15, 0.2) is 36.4 Å². The van der Waals surface area contributed by atoms with Crippen molar-refractivity contribution in [2.75, 3.05) is 33.2 Å². The predicted octanol–water partition coefficient (Wildman–Crippen LogP) is 2.39. The number of amides is 2. The number of carbonyl (C=O) groups is 2. The Morgan fingerprint density at radius 2 is 1.73 bits per heavy atom. The summed E-state index contributed by atoms with van der Waals surface area (Å²) in [6, 6.07) is 9.32. The van der Waals surface area contributed by atoms with Crippen LogP contribution in [0.25, 0.3) is 5.57 Å². The van der Waals surface area contributed by atoms with Crippen molar-refractivity contribution >= 4 is 17.4 Å². The molecule has 142 valence electrons. The van der Waals surface area contributed by atoms with Crippen molar-refractivity contribution in [3.8, 4) is 0 Å². The lowest BCUT2D eigenvalue weighted by atomic mass is 10.0. The Bertz CT molecular complexity index is 632. The maximum atomic E-state index is 12.9. The molecule has 1 aromatic carbocycles. The Hall–Kier alpha value is -2.14. The second-order valence-electron chi connectivity index (χ2n) is 7.51. The third-order valence-electron chi connectivity index (χ3n) is 4.71. The summed E-state index contributed by atoms with van der Waals surface area (Å²) in [5.74, 6) is 0.154. The number of hydrogen-bond acceptors (Lipinski definition) is 3. The molecule has 0 aliphatic carbocycles. The standard InChI is InChI=1S/C21H31N3O2/c1-16(2)14-19(21(26)24-12-10-23(4)11-13-24)22-20(25)15-17(3)18-8-6-5-7-9-18/h5-9,15-16,19H,10-14H2,1-4H3,(H,22,25)/b17-15+/t19-/m1/s1. The predicted molar refractivity (Wildman–Crippen MR) is 106 cm³/mol. The summed E-state index contributed by atoms with van der Waals surface area (Å²) < 4.78 is 0. The molecule has 0 aromatic heterocycles. The Morgan fingerprint density at radius 3 is 2.31 bits per heavy atom. The SMILES string of the molecule is C/C(=C\C(=O)N[C@H](CC(C)C)C(=O)N1CCN(C)CC1)c1ccccc1. The van der Waals surface area contributed by atoms with Crippen LogP contribution in [0.5, 0.6) is 0 Å². The van der Waals surface area contributed by atoms with E-state index in [1.54, 1.807) is 6.08 Å². The smallest absolute Gasteiger partial charge is 0.245 e. The minimum absolute atomic E-state index is 0.0333. The zero-order valence-electron chi connectivity index (χ0n) is 16.4. The van der Waals surface area contributed by atoms with Gasteiger partial charge in [-0.15, -0.1) is 0 Å². The van der Waals surface area contributed by atoms with Crippen LogP contribution >= 0.6 is 0 Å². The fourth-order valence-corrected chi connectivity index (χ4v) is 3.13. The second-order valence-corrected chi connectivity index (χ2v) is 7.51. The molecule has 1 heterocycles. The minimum atomic E-state index is -0.467. The number of nitrogens with one attached hydrogen (secondary N) is 1. The van der Waals surface area contributed by atoms with Crippen LogP contribution < -0.4 is 5.32 Å². The van der Waals surface area contributed by atoms with Crippen molar-refractivity contribution in [2.45, 2.75) is 33.2 Å². The highest BCUT2D eigenvalue weighted by molar-refractivity contribution is 5.97. The summed E-state index contributed by atoms with van der Waals surface area (Å²) in [6.07, 6.45) is 2.23. The van der Waals surface area contributed by atoms with Crippen molar-refractivity contribution in [1.82, 2.24) is 15.1 Å². The van der Waals surface area contributed by atoms with Crippen LogP contribution in [-0.4, -0.2) is 60.9 Å². The van der Waals surface area contributed by atoms with Crippen LogP contribution in [0.4, 0.5) is 0 Å². The molecule has 1 fully saturated rings. The number of allylic oxidation sites excluding steroid dienone is 1. The maximum Gasteiger partial charge on any atom is 0.245 e. The molecule has 0 unspecified atom stereocenters. The third kappa shape index (κ3) is 5.99. The molecule has 1 aliphatic rings. The Morgan fingerprint density at radius 1 is 1.12 bits per heavy atom. The second kappa shape index (κ2) is 9.53. The van der Waals surface area contributed by atoms with Gasteiger partial charge in [0.05, 0.1) is 0 Å². The topological polar surface area (TPSA) is 52.7 Å². The lowest BCUT2D eigenvalue weighted by Gasteiger charge is -2.35. The first-order chi connectivity index (χ1) is 12.4. The molecular weight excluding hydrogens is 326 g/mol. The highest BCUT2D eigenvalue weighted by Gasteiger charge is 2.28. The molecule has 5 heteroatoms. The van der Waals surface area contributed by atoms with Gasteiger partial charge in [-0.1, -0.05) is 44.2 Å². The molecule has 1 N–H and O–H groups in total. The van der Waals surface area contributed by atoms with E-state index < -0.39 is 6.04 Å². The molecule has 2 rings (SSSR count). The number of hydrogen-bond donors (Lipinski definition) is 1. The van der Waals surface area contributed by atoms with Gasteiger partial charge >= 0.3 is 0 Å². The lowest BCUT2D eigenvalue weighted by Crippen LogP contribution is -2.54. The number of likely N-dealkylation sites (N-methyl/N-ethyl adjacent to an activating group) is 1. The Kier molecular flexibility index (Phi) is 7.39. The molecule has 1 saturated heterocycles. The van der Waals surface area contributed by atoms with Crippen molar-refractivity contribution in [3.63, 3.8) is 0 Å². The van der Waals surface area contributed by atoms with Crippen LogP contribution in [0.1, 0.15) is 32.8 Å². The summed E-state index contributed by atoms with van der Waals surface area (Å²) in [6.45, 7) is 9.25. The first kappa shape index (κ1) is 20.2. The van der Waals surface area contributed by atoms with Crippen LogP contribution in [0.3, 0.4) is 0 Å². The first-order valence-corrected chi connectivity index (χ1v) is 9.38. The zero-order valence-corrected chi connectivity index (χ0v) is 16.4. The molecule has 1 atom stereocenters. The fourth-order valence-electron chi connectivity index (χ4n) is 3.13. The average molecular weight is 357 g/mol. The van der Waals surface area contributed by atoms with Gasteiger partial charge in [0, 0.05) is 32.3 Å². The van der Waals surface area contributed by atoms with Crippen LogP contribution in [0.2, 0.25) is 0 Å². The highest BCUT2D eigenvalue weighted by Crippen LogP contribution is 2.14. The molecule has 5 nitrogen and oxygen atoms in total. The summed E-state index contributed by atoms with van der Waals surface area (Å²) >= 11 is 0. The van der Waals surface area contributed by atoms with Gasteiger partial charge in [0.2, 0.25) is 11.8 Å². The van der Waals surface area contributed by atoms with Gasteiger partial charge < -0.3 is 15.1 Å². The Labute approximate surface area is 157 Å². The average Bonchev–Trinajstić information content (AvgIpc) is 2.61. The van der Waals surface area contributed by atoms with Gasteiger partial charge in [-0.25, -0.2) is 0 Å². The number of carbonyl (C=O) groups excluding carboxylic acids is 2. The van der Waals surface area contributed by atoms with Crippen molar-refractivity contribution in [3.05, 3.63) is 42.0 Å². The normalized spacial score (nSPS) is 17.3. The zero-order chi connectivity index (χ0) is 19.1. The summed E-state index contributed by atoms with van der Waals surface area (Å²) in [5.41, 5.74) is 1.90. The van der Waals surface area contributed by atoms with Gasteiger partial charge in [0.25, 0.3) is 0 Å². The van der Waals surface area contributed by atoms with E-state index in [9.17, 15) is 9.59 Å². The number of piperazine rings is 1. The minimum Gasteiger partial charge on any atom is -0.341 e. The van der Waals surface area contributed by atoms with E-state index in [0.29, 0.717) is 12.3 Å². The largest absolute Gasteiger partial charge is 0.341 e. The van der Waals surface area contributed by atoms with E-state index >= 15 is 0 Å². The monoisotopic (exact) mass is 357 g/mol. The van der Waals surface area contributed by atoms with Crippen molar-refractivity contribution in [2.24, 2.45) is 5.92 Å². The van der Waals surface area contributed by atoms with Crippen molar-refractivity contribution < 1.29 is 9.59 Å². The fraction of sp³-hybridized carbons (Fsp3) is 0.524. The van der Waals surface area contributed by atoms with Gasteiger partial charge in [-0.2, -0.15) is 0 Å².